The zero-order valence-electron chi connectivity index (χ0n) is 16.6. The monoisotopic (exact) mass is 415 g/mol. The Labute approximate surface area is 173 Å². The van der Waals surface area contributed by atoms with E-state index in [1.807, 2.05) is 12.1 Å². The molecular weight excluding hydrogens is 389 g/mol. The second kappa shape index (κ2) is 9.15. The maximum Gasteiger partial charge on any atom is 0.262 e. The number of nitrogens with one attached hydrogen (secondary N) is 1. The summed E-state index contributed by atoms with van der Waals surface area (Å²) in [5.41, 5.74) is 2.40. The van der Waals surface area contributed by atoms with Gasteiger partial charge >= 0.3 is 0 Å². The molecule has 3 aromatic rings. The summed E-state index contributed by atoms with van der Waals surface area (Å²) < 4.78 is 19.8. The smallest absolute Gasteiger partial charge is 0.262 e. The summed E-state index contributed by atoms with van der Waals surface area (Å²) in [4.78, 5) is 19.6. The van der Waals surface area contributed by atoms with Gasteiger partial charge in [-0.2, -0.15) is 0 Å². The molecule has 0 aliphatic heterocycles. The lowest BCUT2D eigenvalue weighted by atomic mass is 9.93. The molecule has 0 bridgehead atoms. The average Bonchev–Trinajstić information content (AvgIpc) is 3.10. The molecule has 1 aliphatic rings. The number of hydrogen-bond donors (Lipinski definition) is 1. The lowest BCUT2D eigenvalue weighted by molar-refractivity contribution is 0.190. The number of benzene rings is 1. The van der Waals surface area contributed by atoms with Crippen LogP contribution < -0.4 is 10.9 Å². The Hall–Kier alpha value is -2.09. The van der Waals surface area contributed by atoms with Crippen molar-refractivity contribution >= 4 is 21.6 Å². The third kappa shape index (κ3) is 4.57. The number of aryl methyl sites for hydroxylation is 2. The van der Waals surface area contributed by atoms with E-state index in [0.717, 1.165) is 54.4 Å². The van der Waals surface area contributed by atoms with Crippen molar-refractivity contribution in [3.63, 3.8) is 0 Å². The van der Waals surface area contributed by atoms with E-state index < -0.39 is 0 Å². The predicted octanol–water partition coefficient (Wildman–Crippen LogP) is 3.32. The Morgan fingerprint density at radius 1 is 1.34 bits per heavy atom. The third-order valence-corrected chi connectivity index (χ3v) is 6.71. The average molecular weight is 416 g/mol. The second-order valence-electron chi connectivity index (χ2n) is 7.54. The van der Waals surface area contributed by atoms with Crippen molar-refractivity contribution in [2.75, 3.05) is 20.3 Å². The van der Waals surface area contributed by atoms with Crippen LogP contribution in [0.1, 0.15) is 28.8 Å². The van der Waals surface area contributed by atoms with Crippen LogP contribution in [0.5, 0.6) is 0 Å². The minimum absolute atomic E-state index is 0.0753. The van der Waals surface area contributed by atoms with Gasteiger partial charge in [-0.15, -0.1) is 11.3 Å². The molecule has 1 aliphatic carbocycles. The summed E-state index contributed by atoms with van der Waals surface area (Å²) in [5, 5.41) is 4.44. The van der Waals surface area contributed by atoms with Gasteiger partial charge in [-0.25, -0.2) is 9.37 Å². The van der Waals surface area contributed by atoms with E-state index in [1.54, 1.807) is 29.3 Å². The van der Waals surface area contributed by atoms with Gasteiger partial charge in [0, 0.05) is 31.2 Å². The van der Waals surface area contributed by atoms with Crippen LogP contribution in [-0.2, 0) is 30.5 Å². The minimum atomic E-state index is -0.197. The molecular formula is C22H26FN3O2S. The van der Waals surface area contributed by atoms with Crippen LogP contribution in [0.4, 0.5) is 4.39 Å². The molecule has 1 aromatic carbocycles. The van der Waals surface area contributed by atoms with Crippen molar-refractivity contribution < 1.29 is 9.13 Å². The highest BCUT2D eigenvalue weighted by molar-refractivity contribution is 7.18. The number of thiophene rings is 1. The largest absolute Gasteiger partial charge is 0.385 e. The lowest BCUT2D eigenvalue weighted by Crippen LogP contribution is -2.35. The summed E-state index contributed by atoms with van der Waals surface area (Å²) in [5.74, 6) is -0.197. The van der Waals surface area contributed by atoms with Crippen LogP contribution in [0.3, 0.4) is 0 Å². The van der Waals surface area contributed by atoms with Crippen LogP contribution in [0.2, 0.25) is 0 Å². The molecule has 2 aromatic heterocycles. The Balaban J connectivity index is 1.42. The molecule has 1 atom stereocenters. The number of aromatic nitrogens is 2. The molecule has 0 saturated carbocycles. The van der Waals surface area contributed by atoms with E-state index in [1.165, 1.54) is 22.6 Å². The van der Waals surface area contributed by atoms with Gasteiger partial charge in [0.05, 0.1) is 11.7 Å². The first kappa shape index (κ1) is 20.2. The fraction of sp³-hybridized carbons (Fsp3) is 0.455. The molecule has 154 valence electrons. The Morgan fingerprint density at radius 3 is 2.97 bits per heavy atom. The Bertz CT molecular complexity index is 1030. The van der Waals surface area contributed by atoms with E-state index in [4.69, 9.17) is 4.74 Å². The van der Waals surface area contributed by atoms with E-state index in [2.05, 4.69) is 10.3 Å². The third-order valence-electron chi connectivity index (χ3n) is 5.54. The molecule has 2 heterocycles. The number of fused-ring (bicyclic) bond motifs is 3. The van der Waals surface area contributed by atoms with E-state index in [0.29, 0.717) is 19.2 Å². The van der Waals surface area contributed by atoms with Crippen molar-refractivity contribution in [2.45, 2.75) is 44.7 Å². The predicted molar refractivity (Wildman–Crippen MR) is 114 cm³/mol. The number of nitrogens with zero attached hydrogens (tertiary/aromatic N) is 2. The van der Waals surface area contributed by atoms with E-state index in [-0.39, 0.29) is 11.4 Å². The topological polar surface area (TPSA) is 56.2 Å². The molecule has 1 unspecified atom stereocenters. The number of halogens is 1. The highest BCUT2D eigenvalue weighted by Crippen LogP contribution is 2.33. The van der Waals surface area contributed by atoms with Gasteiger partial charge in [0.1, 0.15) is 10.6 Å². The summed E-state index contributed by atoms with van der Waals surface area (Å²) in [6.07, 6.45) is 6.20. The molecule has 7 heteroatoms. The van der Waals surface area contributed by atoms with Gasteiger partial charge in [0.15, 0.2) is 0 Å². The zero-order valence-corrected chi connectivity index (χ0v) is 17.4. The van der Waals surface area contributed by atoms with Gasteiger partial charge in [0.25, 0.3) is 5.56 Å². The fourth-order valence-corrected chi connectivity index (χ4v) is 5.24. The van der Waals surface area contributed by atoms with Crippen molar-refractivity contribution in [2.24, 2.45) is 0 Å². The first-order valence-corrected chi connectivity index (χ1v) is 10.9. The summed E-state index contributed by atoms with van der Waals surface area (Å²) in [6.45, 7) is 2.13. The van der Waals surface area contributed by atoms with Crippen molar-refractivity contribution in [3.05, 3.63) is 62.8 Å². The maximum atomic E-state index is 13.0. The molecule has 29 heavy (non-hydrogen) atoms. The van der Waals surface area contributed by atoms with Crippen molar-refractivity contribution in [1.29, 1.82) is 0 Å². The molecule has 0 amide bonds. The van der Waals surface area contributed by atoms with Gasteiger partial charge < -0.3 is 10.1 Å². The number of rotatable bonds is 8. The second-order valence-corrected chi connectivity index (χ2v) is 8.63. The van der Waals surface area contributed by atoms with Crippen LogP contribution in [-0.4, -0.2) is 35.9 Å². The molecule has 0 spiro atoms. The summed E-state index contributed by atoms with van der Waals surface area (Å²) >= 11 is 1.66. The zero-order chi connectivity index (χ0) is 20.2. The molecule has 0 fully saturated rings. The van der Waals surface area contributed by atoms with Crippen LogP contribution in [0.25, 0.3) is 10.2 Å². The van der Waals surface area contributed by atoms with E-state index in [9.17, 15) is 9.18 Å². The summed E-state index contributed by atoms with van der Waals surface area (Å²) in [7, 11) is 1.67. The van der Waals surface area contributed by atoms with Gasteiger partial charge in [0.2, 0.25) is 0 Å². The minimum Gasteiger partial charge on any atom is -0.385 e. The normalized spacial score (nSPS) is 16.3. The van der Waals surface area contributed by atoms with Crippen LogP contribution in [0.15, 0.2) is 35.4 Å². The SMILES string of the molecule is COCCCn1cnc2sc3c(c2c1=O)CCC(NCCc1ccc(F)cc1)C3. The highest BCUT2D eigenvalue weighted by Gasteiger charge is 2.24. The standard InChI is InChI=1S/C22H26FN3O2S/c1-28-12-2-11-26-14-25-21-20(22(26)27)18-8-7-17(13-19(18)29-21)24-10-9-15-3-5-16(23)6-4-15/h3-6,14,17,24H,2,7-13H2,1H3. The van der Waals surface area contributed by atoms with Gasteiger partial charge in [-0.3, -0.25) is 9.36 Å². The van der Waals surface area contributed by atoms with Gasteiger partial charge in [-0.1, -0.05) is 12.1 Å². The first-order chi connectivity index (χ1) is 14.2. The number of methoxy groups -OCH3 is 1. The quantitative estimate of drug-likeness (QED) is 0.574. The fourth-order valence-electron chi connectivity index (χ4n) is 3.99. The Kier molecular flexibility index (Phi) is 6.37. The van der Waals surface area contributed by atoms with Gasteiger partial charge in [-0.05, 0) is 61.9 Å². The first-order valence-electron chi connectivity index (χ1n) is 10.1. The molecule has 5 nitrogen and oxygen atoms in total. The number of hydrogen-bond acceptors (Lipinski definition) is 5. The van der Waals surface area contributed by atoms with E-state index >= 15 is 0 Å². The summed E-state index contributed by atoms with van der Waals surface area (Å²) in [6, 6.07) is 7.10. The van der Waals surface area contributed by atoms with Crippen molar-refractivity contribution in [3.8, 4) is 0 Å². The molecule has 0 saturated heterocycles. The molecule has 4 rings (SSSR count). The van der Waals surface area contributed by atoms with Crippen LogP contribution in [0, 0.1) is 5.82 Å². The number of ether oxygens (including phenoxy) is 1. The molecule has 1 N–H and O–H groups in total. The lowest BCUT2D eigenvalue weighted by Gasteiger charge is -2.23. The highest BCUT2D eigenvalue weighted by atomic mass is 32.1. The van der Waals surface area contributed by atoms with Crippen molar-refractivity contribution in [1.82, 2.24) is 14.9 Å². The Morgan fingerprint density at radius 2 is 2.17 bits per heavy atom. The maximum absolute atomic E-state index is 13.0. The van der Waals surface area contributed by atoms with Crippen LogP contribution >= 0.6 is 11.3 Å². The molecule has 0 radical (unpaired) electrons.